The van der Waals surface area contributed by atoms with Crippen molar-refractivity contribution in [3.63, 3.8) is 0 Å². The smallest absolute Gasteiger partial charge is 0.332 e. The molecule has 0 aliphatic carbocycles. The van der Waals surface area contributed by atoms with Gasteiger partial charge < -0.3 is 63.1 Å². The number of aryl methyl sites for hydroxylation is 1. The number of amides is 13. The lowest BCUT2D eigenvalue weighted by atomic mass is 9.85. The molecule has 4 heterocycles. The molecule has 33 heteroatoms. The highest BCUT2D eigenvalue weighted by atomic mass is 16.5. The molecule has 2 aromatic rings. The van der Waals surface area contributed by atoms with Gasteiger partial charge >= 0.3 is 30.2 Å². The Bertz CT molecular complexity index is 2580. The number of methoxy groups -OCH3 is 6. The summed E-state index contributed by atoms with van der Waals surface area (Å²) in [6.45, 7) is 19.7. The van der Waals surface area contributed by atoms with Gasteiger partial charge in [0.25, 0.3) is 0 Å². The Morgan fingerprint density at radius 1 is 0.544 bits per heavy atom. The zero-order chi connectivity index (χ0) is 69.0. The summed E-state index contributed by atoms with van der Waals surface area (Å²) in [6, 6.07) is 5.01. The first-order chi connectivity index (χ1) is 42.5. The molecule has 33 nitrogen and oxygen atoms in total. The van der Waals surface area contributed by atoms with E-state index in [-0.39, 0.29) is 155 Å². The fourth-order valence-electron chi connectivity index (χ4n) is 8.09. The second kappa shape index (κ2) is 42.6. The second-order valence-electron chi connectivity index (χ2n) is 20.6. The van der Waals surface area contributed by atoms with Gasteiger partial charge in [-0.1, -0.05) is 27.7 Å². The van der Waals surface area contributed by atoms with Gasteiger partial charge in [-0.2, -0.15) is 0 Å². The summed E-state index contributed by atoms with van der Waals surface area (Å²) < 4.78 is 34.5. The number of imide groups is 3. The van der Waals surface area contributed by atoms with E-state index in [9.17, 15) is 63.0 Å². The van der Waals surface area contributed by atoms with Crippen LogP contribution in [-0.4, -0.2) is 293 Å². The maximum Gasteiger partial charge on any atom is 0.332 e. The van der Waals surface area contributed by atoms with Crippen LogP contribution in [0, 0.1) is 6.92 Å². The fourth-order valence-corrected chi connectivity index (χ4v) is 8.09. The Hall–Kier alpha value is -8.28. The van der Waals surface area contributed by atoms with Crippen LogP contribution < -0.4 is 0 Å². The van der Waals surface area contributed by atoms with E-state index in [1.54, 1.807) is 26.1 Å². The monoisotopic (exact) mass is 1280 g/mol. The number of rotatable bonds is 17. The molecule has 2 aromatic carbocycles. The van der Waals surface area contributed by atoms with Gasteiger partial charge in [-0.15, -0.1) is 0 Å². The van der Waals surface area contributed by atoms with Crippen LogP contribution >= 0.6 is 0 Å². The summed E-state index contributed by atoms with van der Waals surface area (Å²) in [5, 5.41) is 27.9. The van der Waals surface area contributed by atoms with E-state index in [0.29, 0.717) is 50.8 Å². The van der Waals surface area contributed by atoms with E-state index in [1.165, 1.54) is 120 Å². The number of aromatic hydroxyl groups is 2. The number of phenolic OH excluding ortho intramolecular Hbond substituents is 1. The number of nitrogens with zero attached hydrogens (tertiary/aromatic N) is 11. The average Bonchev–Trinajstić information content (AvgIpc) is 1.50. The van der Waals surface area contributed by atoms with Crippen molar-refractivity contribution in [1.29, 1.82) is 0 Å². The zero-order valence-corrected chi connectivity index (χ0v) is 54.3. The van der Waals surface area contributed by atoms with Crippen LogP contribution in [0.5, 0.6) is 11.5 Å². The molecule has 4 aliphatic heterocycles. The highest BCUT2D eigenvalue weighted by Gasteiger charge is 2.34. The van der Waals surface area contributed by atoms with E-state index in [4.69, 9.17) is 43.1 Å². The third-order valence-corrected chi connectivity index (χ3v) is 12.6. The first-order valence-electron chi connectivity index (χ1n) is 27.5. The Balaban J connectivity index is 0.00000106. The van der Waals surface area contributed by atoms with Crippen molar-refractivity contribution in [1.82, 2.24) is 53.9 Å². The maximum atomic E-state index is 12.4. The van der Waals surface area contributed by atoms with Crippen molar-refractivity contribution in [2.24, 2.45) is 0 Å². The first kappa shape index (κ1) is 81.7. The topological polar surface area (TPSA) is 366 Å². The lowest BCUT2D eigenvalue weighted by Gasteiger charge is -2.39. The molecule has 4 aliphatic rings. The molecule has 4 saturated heterocycles. The standard InChI is InChI=1S/C12H16O3.C11H22N4O5.C9H17N3O3.C9H8O3.C8H14N2O3.C7H12N2O4.CH2O/c1-12(2,3)10-4-8(6-13)11(15)9(5-10)7-14;1-12-5-13(7-18-2)11(17)15(9-20-4)6-14(8-19-3)10(12)16;1-4-10-5-11(7-15-3)9(14)12(6-10)8(2)13;1-6-2-7(4-10)9(12)8(3-6)5-11;1-7(11)10-5-3-4-9(6-13-2)8(10)12;1-6(10)9-5-13-4-8(3-12-2)7(9)11;1-2/h4-6,14-15H,7H2,1-3H3;5-9H2,1-4H3;4-7H2,1-3H3;2-5,12H,1H3;3-6H2,1-2H3;3-5H2,1-2H3;1H2. The van der Waals surface area contributed by atoms with Gasteiger partial charge in [0.2, 0.25) is 17.7 Å². The third-order valence-electron chi connectivity index (χ3n) is 12.6. The quantitative estimate of drug-likeness (QED) is 0.192. The SMILES string of the molecule is C=O.CC(C)(C)c1cc(C=O)c(O)c(CO)c1.CCN1CN(COC)C(=O)N(C(C)=O)C1.COCN1CCCN(C(C)=O)C1=O.COCN1CN(COC)C(=O)N(COC)CN(C)C1=O.COCN1COCN(C(C)=O)C1=O.Cc1cc(C=O)c(O)c(C=O)c1. The number of hydrogen-bond donors (Lipinski definition) is 3. The van der Waals surface area contributed by atoms with E-state index in [0.717, 1.165) is 29.0 Å². The van der Waals surface area contributed by atoms with Crippen LogP contribution in [0.4, 0.5) is 24.0 Å². The minimum absolute atomic E-state index is 0.0222. The number of hydrogen-bond acceptors (Lipinski definition) is 23. The zero-order valence-electron chi connectivity index (χ0n) is 54.3. The number of aldehydes is 3. The van der Waals surface area contributed by atoms with Crippen LogP contribution in [0.3, 0.4) is 0 Å². The van der Waals surface area contributed by atoms with Crippen LogP contribution in [0.2, 0.25) is 0 Å². The molecule has 506 valence electrons. The van der Waals surface area contributed by atoms with E-state index in [2.05, 4.69) is 0 Å². The molecule has 13 amide bonds. The molecule has 0 spiro atoms. The average molecular weight is 1280 g/mol. The Kier molecular flexibility index (Phi) is 38.7. The van der Waals surface area contributed by atoms with E-state index < -0.39 is 0 Å². The van der Waals surface area contributed by atoms with Crippen molar-refractivity contribution < 1.29 is 106 Å². The molecular formula is C57H91N11O22. The Labute approximate surface area is 524 Å². The van der Waals surface area contributed by atoms with Gasteiger partial charge in [0.05, 0.1) is 36.6 Å². The van der Waals surface area contributed by atoms with Gasteiger partial charge in [-0.3, -0.25) is 68.0 Å². The second-order valence-corrected chi connectivity index (χ2v) is 20.6. The number of carbonyl (C=O) groups excluding carboxylic acids is 12. The number of ether oxygens (including phenoxy) is 7. The molecular weight excluding hydrogens is 1190 g/mol. The fraction of sp³-hybridized carbons (Fsp3) is 0.579. The van der Waals surface area contributed by atoms with Gasteiger partial charge in [0.15, 0.2) is 18.9 Å². The predicted molar refractivity (Wildman–Crippen MR) is 320 cm³/mol. The molecule has 0 unspecified atom stereocenters. The summed E-state index contributed by atoms with van der Waals surface area (Å²) in [5.74, 6) is -1.14. The first-order valence-corrected chi connectivity index (χ1v) is 27.5. The van der Waals surface area contributed by atoms with Crippen LogP contribution in [0.25, 0.3) is 0 Å². The number of phenols is 2. The maximum absolute atomic E-state index is 12.4. The number of carbonyl (C=O) groups is 12. The van der Waals surface area contributed by atoms with Crippen molar-refractivity contribution in [3.05, 3.63) is 57.6 Å². The van der Waals surface area contributed by atoms with Crippen LogP contribution in [0.15, 0.2) is 24.3 Å². The summed E-state index contributed by atoms with van der Waals surface area (Å²) >= 11 is 0. The minimum atomic E-state index is -0.374. The van der Waals surface area contributed by atoms with Crippen molar-refractivity contribution >= 4 is 73.5 Å². The van der Waals surface area contributed by atoms with Crippen molar-refractivity contribution in [3.8, 4) is 11.5 Å². The van der Waals surface area contributed by atoms with Gasteiger partial charge in [0, 0.05) is 89.1 Å². The van der Waals surface area contributed by atoms with Gasteiger partial charge in [-0.05, 0) is 60.7 Å². The summed E-state index contributed by atoms with van der Waals surface area (Å²) in [7, 11) is 10.6. The number of aliphatic hydroxyl groups is 1. The molecule has 0 atom stereocenters. The molecule has 0 saturated carbocycles. The third kappa shape index (κ3) is 26.0. The molecule has 90 heavy (non-hydrogen) atoms. The molecule has 4 fully saturated rings. The Morgan fingerprint density at radius 2 is 0.956 bits per heavy atom. The van der Waals surface area contributed by atoms with Gasteiger partial charge in [-0.25, -0.2) is 28.9 Å². The number of aliphatic hydroxyl groups excluding tert-OH is 1. The number of urea groups is 5. The Morgan fingerprint density at radius 3 is 1.39 bits per heavy atom. The van der Waals surface area contributed by atoms with Crippen LogP contribution in [0.1, 0.15) is 103 Å². The molecule has 0 radical (unpaired) electrons. The summed E-state index contributed by atoms with van der Waals surface area (Å²) in [5.41, 5.74) is 2.50. The normalized spacial score (nSPS) is 15.4. The molecule has 0 bridgehead atoms. The predicted octanol–water partition coefficient (Wildman–Crippen LogP) is 3.12. The highest BCUT2D eigenvalue weighted by Crippen LogP contribution is 2.30. The van der Waals surface area contributed by atoms with Crippen molar-refractivity contribution in [2.45, 2.75) is 73.8 Å². The summed E-state index contributed by atoms with van der Waals surface area (Å²) in [4.78, 5) is 147. The summed E-state index contributed by atoms with van der Waals surface area (Å²) in [6.07, 6.45) is 2.46. The molecule has 0 aromatic heterocycles. The van der Waals surface area contributed by atoms with Crippen molar-refractivity contribution in [2.75, 3.05) is 150 Å². The van der Waals surface area contributed by atoms with E-state index >= 15 is 0 Å². The molecule has 6 rings (SSSR count). The van der Waals surface area contributed by atoms with Gasteiger partial charge in [0.1, 0.15) is 85.5 Å². The number of benzene rings is 2. The van der Waals surface area contributed by atoms with E-state index in [1.807, 2.05) is 39.4 Å². The minimum Gasteiger partial charge on any atom is -0.507 e. The lowest BCUT2D eigenvalue weighted by molar-refractivity contribution is -0.140. The molecule has 3 N–H and O–H groups in total. The lowest BCUT2D eigenvalue weighted by Crippen LogP contribution is -2.59. The van der Waals surface area contributed by atoms with Crippen LogP contribution in [-0.2, 0) is 64.4 Å². The highest BCUT2D eigenvalue weighted by molar-refractivity contribution is 5.95. The largest absolute Gasteiger partial charge is 0.507 e.